The lowest BCUT2D eigenvalue weighted by Crippen LogP contribution is -2.38. The number of aliphatic carboxylic acids is 1. The van der Waals surface area contributed by atoms with E-state index in [1.807, 2.05) is 6.92 Å². The van der Waals surface area contributed by atoms with E-state index in [9.17, 15) is 9.59 Å². The fraction of sp³-hybridized carbons (Fsp3) is 0.818. The summed E-state index contributed by atoms with van der Waals surface area (Å²) in [6.45, 7) is 2.86. The van der Waals surface area contributed by atoms with E-state index in [0.717, 1.165) is 12.8 Å². The minimum Gasteiger partial charge on any atom is -0.481 e. The highest BCUT2D eigenvalue weighted by atomic mass is 16.5. The molecule has 1 rings (SSSR count). The van der Waals surface area contributed by atoms with E-state index in [1.165, 1.54) is 0 Å². The van der Waals surface area contributed by atoms with Crippen LogP contribution in [0.4, 0.5) is 0 Å². The molecule has 16 heavy (non-hydrogen) atoms. The molecule has 0 radical (unpaired) electrons. The number of ether oxygens (including phenoxy) is 1. The van der Waals surface area contributed by atoms with Gasteiger partial charge in [0.05, 0.1) is 13.0 Å². The topological polar surface area (TPSA) is 75.6 Å². The smallest absolute Gasteiger partial charge is 0.305 e. The molecule has 1 amide bonds. The number of hydrogen-bond acceptors (Lipinski definition) is 3. The molecular weight excluding hydrogens is 210 g/mol. The van der Waals surface area contributed by atoms with Gasteiger partial charge < -0.3 is 15.2 Å². The molecule has 1 fully saturated rings. The van der Waals surface area contributed by atoms with Crippen LogP contribution in [0.2, 0.25) is 0 Å². The van der Waals surface area contributed by atoms with Gasteiger partial charge in [-0.25, -0.2) is 0 Å². The summed E-state index contributed by atoms with van der Waals surface area (Å²) in [5.74, 6) is -0.624. The van der Waals surface area contributed by atoms with Gasteiger partial charge in [-0.1, -0.05) is 0 Å². The molecule has 5 nitrogen and oxygen atoms in total. The summed E-state index contributed by atoms with van der Waals surface area (Å²) in [6.07, 6.45) is 2.36. The summed E-state index contributed by atoms with van der Waals surface area (Å²) in [7, 11) is 0. The molecule has 0 spiro atoms. The van der Waals surface area contributed by atoms with Crippen LogP contribution in [0.5, 0.6) is 0 Å². The Kier molecular flexibility index (Phi) is 5.25. The van der Waals surface area contributed by atoms with Crippen LogP contribution >= 0.6 is 0 Å². The van der Waals surface area contributed by atoms with Crippen molar-refractivity contribution in [2.45, 2.75) is 38.6 Å². The molecule has 0 aromatic rings. The van der Waals surface area contributed by atoms with Crippen LogP contribution in [0.15, 0.2) is 0 Å². The third kappa shape index (κ3) is 5.11. The number of carbonyl (C=O) groups is 2. The van der Waals surface area contributed by atoms with Gasteiger partial charge in [0.15, 0.2) is 0 Å². The summed E-state index contributed by atoms with van der Waals surface area (Å²) in [4.78, 5) is 22.1. The Labute approximate surface area is 95.2 Å². The molecule has 0 aromatic carbocycles. The first-order chi connectivity index (χ1) is 7.63. The summed E-state index contributed by atoms with van der Waals surface area (Å²) >= 11 is 0. The van der Waals surface area contributed by atoms with E-state index in [1.54, 1.807) is 0 Å². The van der Waals surface area contributed by atoms with E-state index in [0.29, 0.717) is 25.6 Å². The lowest BCUT2D eigenvalue weighted by Gasteiger charge is -2.16. The van der Waals surface area contributed by atoms with Crippen LogP contribution < -0.4 is 5.32 Å². The number of hydrogen-bond donors (Lipinski definition) is 2. The van der Waals surface area contributed by atoms with Crippen LogP contribution in [-0.4, -0.2) is 36.2 Å². The Hall–Kier alpha value is -1.10. The van der Waals surface area contributed by atoms with Gasteiger partial charge in [-0.15, -0.1) is 0 Å². The Bertz CT molecular complexity index is 250. The van der Waals surface area contributed by atoms with Crippen molar-refractivity contribution in [3.05, 3.63) is 0 Å². The molecule has 92 valence electrons. The molecule has 0 aliphatic heterocycles. The number of nitrogens with one attached hydrogen (secondary N) is 1. The second kappa shape index (κ2) is 6.48. The molecule has 5 heteroatoms. The fourth-order valence-corrected chi connectivity index (χ4v) is 1.61. The zero-order chi connectivity index (χ0) is 12.0. The number of carboxylic acids is 1. The predicted octanol–water partition coefficient (Wildman–Crippen LogP) is 0.782. The third-order valence-electron chi connectivity index (χ3n) is 2.61. The van der Waals surface area contributed by atoms with Crippen LogP contribution in [0.1, 0.15) is 32.6 Å². The van der Waals surface area contributed by atoms with E-state index in [-0.39, 0.29) is 18.4 Å². The summed E-state index contributed by atoms with van der Waals surface area (Å²) < 4.78 is 5.07. The maximum Gasteiger partial charge on any atom is 0.305 e. The van der Waals surface area contributed by atoms with Crippen molar-refractivity contribution < 1.29 is 19.4 Å². The van der Waals surface area contributed by atoms with Gasteiger partial charge in [-0.05, 0) is 25.7 Å². The largest absolute Gasteiger partial charge is 0.481 e. The van der Waals surface area contributed by atoms with Crippen LogP contribution in [0.3, 0.4) is 0 Å². The molecule has 1 aliphatic carbocycles. The van der Waals surface area contributed by atoms with Crippen molar-refractivity contribution in [2.24, 2.45) is 5.92 Å². The number of carboxylic acid groups (broad SMARTS) is 1. The van der Waals surface area contributed by atoms with E-state index < -0.39 is 5.97 Å². The molecule has 1 atom stereocenters. The second-order valence-electron chi connectivity index (χ2n) is 4.06. The summed E-state index contributed by atoms with van der Waals surface area (Å²) in [5, 5.41) is 11.5. The van der Waals surface area contributed by atoms with Crippen LogP contribution in [0, 0.1) is 5.92 Å². The zero-order valence-corrected chi connectivity index (χ0v) is 9.57. The molecule has 0 bridgehead atoms. The van der Waals surface area contributed by atoms with Crippen LogP contribution in [-0.2, 0) is 14.3 Å². The molecule has 0 aromatic heterocycles. The highest BCUT2D eigenvalue weighted by Gasteiger charge is 2.33. The van der Waals surface area contributed by atoms with Gasteiger partial charge >= 0.3 is 5.97 Å². The first kappa shape index (κ1) is 13.0. The first-order valence-corrected chi connectivity index (χ1v) is 5.72. The normalized spacial score (nSPS) is 16.8. The van der Waals surface area contributed by atoms with Crippen molar-refractivity contribution in [1.82, 2.24) is 5.32 Å². The van der Waals surface area contributed by atoms with E-state index in [2.05, 4.69) is 5.32 Å². The fourth-order valence-electron chi connectivity index (χ4n) is 1.61. The van der Waals surface area contributed by atoms with Gasteiger partial charge in [0.25, 0.3) is 0 Å². The monoisotopic (exact) mass is 229 g/mol. The SMILES string of the molecule is CCOCCC(=O)NC(CC(=O)O)C1CC1. The molecule has 1 aliphatic rings. The minimum atomic E-state index is -0.859. The quantitative estimate of drug-likeness (QED) is 0.603. The maximum atomic E-state index is 11.5. The van der Waals surface area contributed by atoms with Crippen molar-refractivity contribution in [2.75, 3.05) is 13.2 Å². The summed E-state index contributed by atoms with van der Waals surface area (Å²) in [5.41, 5.74) is 0. The Balaban J connectivity index is 2.24. The lowest BCUT2D eigenvalue weighted by atomic mass is 10.1. The maximum absolute atomic E-state index is 11.5. The zero-order valence-electron chi connectivity index (χ0n) is 9.57. The van der Waals surface area contributed by atoms with Crippen molar-refractivity contribution >= 4 is 11.9 Å². The Morgan fingerprint density at radius 3 is 2.69 bits per heavy atom. The molecule has 0 heterocycles. The third-order valence-corrected chi connectivity index (χ3v) is 2.61. The van der Waals surface area contributed by atoms with E-state index in [4.69, 9.17) is 9.84 Å². The molecular formula is C11H19NO4. The highest BCUT2D eigenvalue weighted by Crippen LogP contribution is 2.34. The predicted molar refractivity (Wildman–Crippen MR) is 58.0 cm³/mol. The van der Waals surface area contributed by atoms with Crippen molar-refractivity contribution in [3.8, 4) is 0 Å². The molecule has 0 saturated heterocycles. The van der Waals surface area contributed by atoms with Crippen LogP contribution in [0.25, 0.3) is 0 Å². The molecule has 2 N–H and O–H groups in total. The molecule has 1 saturated carbocycles. The van der Waals surface area contributed by atoms with Gasteiger partial charge in [0, 0.05) is 19.1 Å². The number of amides is 1. The lowest BCUT2D eigenvalue weighted by molar-refractivity contribution is -0.137. The van der Waals surface area contributed by atoms with Crippen molar-refractivity contribution in [3.63, 3.8) is 0 Å². The number of rotatable bonds is 8. The van der Waals surface area contributed by atoms with Gasteiger partial charge in [-0.3, -0.25) is 9.59 Å². The van der Waals surface area contributed by atoms with E-state index >= 15 is 0 Å². The second-order valence-corrected chi connectivity index (χ2v) is 4.06. The highest BCUT2D eigenvalue weighted by molar-refractivity contribution is 5.77. The standard InChI is InChI=1S/C11H19NO4/c1-2-16-6-5-10(13)12-9(7-11(14)15)8-3-4-8/h8-9H,2-7H2,1H3,(H,12,13)(H,14,15). The Morgan fingerprint density at radius 2 is 2.19 bits per heavy atom. The minimum absolute atomic E-state index is 0.0189. The van der Waals surface area contributed by atoms with Gasteiger partial charge in [-0.2, -0.15) is 0 Å². The van der Waals surface area contributed by atoms with Crippen molar-refractivity contribution in [1.29, 1.82) is 0 Å². The first-order valence-electron chi connectivity index (χ1n) is 5.72. The van der Waals surface area contributed by atoms with Gasteiger partial charge in [0.2, 0.25) is 5.91 Å². The average molecular weight is 229 g/mol. The molecule has 1 unspecified atom stereocenters. The summed E-state index contributed by atoms with van der Waals surface area (Å²) in [6, 6.07) is -0.202. The Morgan fingerprint density at radius 1 is 1.50 bits per heavy atom. The van der Waals surface area contributed by atoms with Gasteiger partial charge in [0.1, 0.15) is 0 Å². The number of carbonyl (C=O) groups excluding carboxylic acids is 1. The average Bonchev–Trinajstić information content (AvgIpc) is 2.99.